The van der Waals surface area contributed by atoms with E-state index in [4.69, 9.17) is 11.6 Å². The Morgan fingerprint density at radius 2 is 2.24 bits per heavy atom. The number of aromatic amines is 1. The van der Waals surface area contributed by atoms with Gasteiger partial charge in [0.1, 0.15) is 10.7 Å². The van der Waals surface area contributed by atoms with Gasteiger partial charge < -0.3 is 9.72 Å². The van der Waals surface area contributed by atoms with Gasteiger partial charge in [-0.05, 0) is 6.92 Å². The van der Waals surface area contributed by atoms with E-state index in [0.29, 0.717) is 0 Å². The Morgan fingerprint density at radius 3 is 2.71 bits per heavy atom. The van der Waals surface area contributed by atoms with Crippen LogP contribution >= 0.6 is 11.6 Å². The number of ether oxygens (including phenoxy) is 1. The van der Waals surface area contributed by atoms with Crippen LogP contribution in [0.25, 0.3) is 0 Å². The number of pyridine rings is 1. The van der Waals surface area contributed by atoms with Crippen molar-refractivity contribution in [1.29, 1.82) is 0 Å². The fourth-order valence-electron chi connectivity index (χ4n) is 1.25. The molecule has 0 aliphatic heterocycles. The van der Waals surface area contributed by atoms with Crippen molar-refractivity contribution in [2.24, 2.45) is 0 Å². The molecule has 0 bridgehead atoms. The molecule has 0 aromatic carbocycles. The van der Waals surface area contributed by atoms with Crippen molar-refractivity contribution in [1.82, 2.24) is 4.98 Å². The van der Waals surface area contributed by atoms with Gasteiger partial charge in [-0.2, -0.15) is 0 Å². The number of H-pyrrole nitrogens is 1. The van der Waals surface area contributed by atoms with Gasteiger partial charge in [0.15, 0.2) is 5.43 Å². The molecule has 1 N–H and O–H groups in total. The molecule has 1 aromatic rings. The van der Waals surface area contributed by atoms with Gasteiger partial charge in [0.2, 0.25) is 0 Å². The number of nitrogens with one attached hydrogen (secondary N) is 1. The second-order valence-electron chi connectivity index (χ2n) is 3.17. The van der Waals surface area contributed by atoms with Crippen molar-refractivity contribution in [3.63, 3.8) is 0 Å². The molecule has 0 atom stereocenters. The minimum atomic E-state index is -2.96. The maximum absolute atomic E-state index is 12.4. The molecule has 0 amide bonds. The molecular weight excluding hydrogens is 256 g/mol. The smallest absolute Gasteiger partial charge is 0.311 e. The fourth-order valence-corrected chi connectivity index (χ4v) is 1.55. The van der Waals surface area contributed by atoms with E-state index in [0.717, 1.165) is 6.07 Å². The molecule has 0 spiro atoms. The van der Waals surface area contributed by atoms with Crippen LogP contribution < -0.4 is 5.43 Å². The van der Waals surface area contributed by atoms with Gasteiger partial charge in [-0.3, -0.25) is 9.59 Å². The number of carbonyl (C=O) groups excluding carboxylic acids is 1. The zero-order valence-corrected chi connectivity index (χ0v) is 9.68. The van der Waals surface area contributed by atoms with Crippen molar-refractivity contribution in [2.75, 3.05) is 6.61 Å². The van der Waals surface area contributed by atoms with Gasteiger partial charge in [-0.1, -0.05) is 11.6 Å². The van der Waals surface area contributed by atoms with E-state index in [1.165, 1.54) is 0 Å². The highest BCUT2D eigenvalue weighted by atomic mass is 35.5. The Labute approximate surface area is 101 Å². The Bertz CT molecular complexity index is 473. The quantitative estimate of drug-likeness (QED) is 0.670. The second-order valence-corrected chi connectivity index (χ2v) is 3.55. The van der Waals surface area contributed by atoms with Crippen molar-refractivity contribution in [3.05, 3.63) is 32.7 Å². The van der Waals surface area contributed by atoms with Crippen molar-refractivity contribution >= 4 is 17.6 Å². The molecule has 0 aliphatic carbocycles. The van der Waals surface area contributed by atoms with Crippen LogP contribution in [-0.4, -0.2) is 17.6 Å². The molecule has 7 heteroatoms. The monoisotopic (exact) mass is 265 g/mol. The van der Waals surface area contributed by atoms with Gasteiger partial charge in [0.25, 0.3) is 6.43 Å². The van der Waals surface area contributed by atoms with Crippen LogP contribution in [-0.2, 0) is 16.0 Å². The highest BCUT2D eigenvalue weighted by Crippen LogP contribution is 2.21. The van der Waals surface area contributed by atoms with E-state index in [1.807, 2.05) is 0 Å². The molecule has 17 heavy (non-hydrogen) atoms. The molecule has 4 nitrogen and oxygen atoms in total. The standard InChI is InChI=1S/C10H10ClF2NO3/c1-2-17-7(16)4-5-3-6(15)8(10(12)13)9(11)14-5/h3,10H,2,4H2,1H3,(H,14,15). The average Bonchev–Trinajstić information content (AvgIpc) is 2.15. The lowest BCUT2D eigenvalue weighted by Gasteiger charge is -2.06. The minimum Gasteiger partial charge on any atom is -0.466 e. The topological polar surface area (TPSA) is 59.2 Å². The predicted molar refractivity (Wildman–Crippen MR) is 57.4 cm³/mol. The van der Waals surface area contributed by atoms with Gasteiger partial charge in [0, 0.05) is 11.8 Å². The molecule has 1 heterocycles. The molecule has 94 valence electrons. The summed E-state index contributed by atoms with van der Waals surface area (Å²) >= 11 is 5.50. The maximum atomic E-state index is 12.4. The number of aromatic nitrogens is 1. The first-order valence-electron chi connectivity index (χ1n) is 4.81. The Balaban J connectivity index is 2.99. The summed E-state index contributed by atoms with van der Waals surface area (Å²) in [5.74, 6) is -0.566. The van der Waals surface area contributed by atoms with E-state index >= 15 is 0 Å². The molecule has 0 saturated heterocycles. The Hall–Kier alpha value is -1.43. The van der Waals surface area contributed by atoms with Crippen LogP contribution in [0.4, 0.5) is 8.78 Å². The molecular formula is C10H10ClF2NO3. The summed E-state index contributed by atoms with van der Waals surface area (Å²) in [5, 5.41) is -0.452. The molecule has 0 fully saturated rings. The van der Waals surface area contributed by atoms with Gasteiger partial charge in [0.05, 0.1) is 13.0 Å². The van der Waals surface area contributed by atoms with E-state index in [9.17, 15) is 18.4 Å². The Kier molecular flexibility index (Phi) is 4.62. The number of hydrogen-bond acceptors (Lipinski definition) is 3. The number of esters is 1. The summed E-state index contributed by atoms with van der Waals surface area (Å²) in [5.41, 5.74) is -1.55. The van der Waals surface area contributed by atoms with Crippen LogP contribution in [0.15, 0.2) is 10.9 Å². The normalized spacial score (nSPS) is 10.6. The largest absolute Gasteiger partial charge is 0.466 e. The van der Waals surface area contributed by atoms with Crippen LogP contribution in [0.5, 0.6) is 0 Å². The first kappa shape index (κ1) is 13.6. The SMILES string of the molecule is CCOC(=O)Cc1cc(=O)c(C(F)F)c(Cl)[nH]1. The molecule has 0 saturated carbocycles. The molecule has 1 rings (SSSR count). The number of rotatable bonds is 4. The summed E-state index contributed by atoms with van der Waals surface area (Å²) in [6.45, 7) is 1.83. The van der Waals surface area contributed by atoms with Crippen molar-refractivity contribution < 1.29 is 18.3 Å². The van der Waals surface area contributed by atoms with Crippen LogP contribution in [0.1, 0.15) is 24.6 Å². The predicted octanol–water partition coefficient (Wildman–Crippen LogP) is 2.07. The average molecular weight is 266 g/mol. The number of carbonyl (C=O) groups is 1. The maximum Gasteiger partial charge on any atom is 0.311 e. The Morgan fingerprint density at radius 1 is 1.59 bits per heavy atom. The van der Waals surface area contributed by atoms with Gasteiger partial charge in [-0.15, -0.1) is 0 Å². The summed E-state index contributed by atoms with van der Waals surface area (Å²) in [4.78, 5) is 24.8. The summed E-state index contributed by atoms with van der Waals surface area (Å²) < 4.78 is 29.5. The summed E-state index contributed by atoms with van der Waals surface area (Å²) in [6.07, 6.45) is -3.17. The minimum absolute atomic E-state index is 0.142. The first-order chi connectivity index (χ1) is 7.95. The first-order valence-corrected chi connectivity index (χ1v) is 5.18. The molecule has 0 aliphatic rings. The van der Waals surface area contributed by atoms with E-state index in [2.05, 4.69) is 9.72 Å². The highest BCUT2D eigenvalue weighted by Gasteiger charge is 2.18. The highest BCUT2D eigenvalue weighted by molar-refractivity contribution is 6.30. The third-order valence-electron chi connectivity index (χ3n) is 1.94. The third-order valence-corrected chi connectivity index (χ3v) is 2.23. The fraction of sp³-hybridized carbons (Fsp3) is 0.400. The zero-order valence-electron chi connectivity index (χ0n) is 8.93. The molecule has 0 unspecified atom stereocenters. The third kappa shape index (κ3) is 3.52. The summed E-state index contributed by atoms with van der Waals surface area (Å²) in [7, 11) is 0. The number of halogens is 3. The van der Waals surface area contributed by atoms with E-state index < -0.39 is 28.5 Å². The lowest BCUT2D eigenvalue weighted by atomic mass is 10.2. The van der Waals surface area contributed by atoms with Crippen molar-refractivity contribution in [3.8, 4) is 0 Å². The molecule has 0 radical (unpaired) electrons. The lowest BCUT2D eigenvalue weighted by Crippen LogP contribution is -2.15. The van der Waals surface area contributed by atoms with Gasteiger partial charge in [-0.25, -0.2) is 8.78 Å². The van der Waals surface area contributed by atoms with Crippen LogP contribution in [0.2, 0.25) is 5.15 Å². The second kappa shape index (κ2) is 5.77. The number of hydrogen-bond donors (Lipinski definition) is 1. The van der Waals surface area contributed by atoms with Crippen LogP contribution in [0, 0.1) is 0 Å². The van der Waals surface area contributed by atoms with E-state index in [1.54, 1.807) is 6.92 Å². The number of alkyl halides is 2. The van der Waals surface area contributed by atoms with Crippen molar-refractivity contribution in [2.45, 2.75) is 19.8 Å². The summed E-state index contributed by atoms with van der Waals surface area (Å²) in [6, 6.07) is 0.921. The van der Waals surface area contributed by atoms with Gasteiger partial charge >= 0.3 is 5.97 Å². The zero-order chi connectivity index (χ0) is 13.0. The lowest BCUT2D eigenvalue weighted by molar-refractivity contribution is -0.142. The molecule has 1 aromatic heterocycles. The van der Waals surface area contributed by atoms with E-state index in [-0.39, 0.29) is 18.7 Å². The van der Waals surface area contributed by atoms with Crippen LogP contribution in [0.3, 0.4) is 0 Å².